The van der Waals surface area contributed by atoms with Gasteiger partial charge < -0.3 is 16.2 Å². The van der Waals surface area contributed by atoms with E-state index in [0.717, 1.165) is 6.42 Å². The van der Waals surface area contributed by atoms with E-state index in [1.807, 2.05) is 13.8 Å². The van der Waals surface area contributed by atoms with Crippen LogP contribution >= 0.6 is 0 Å². The summed E-state index contributed by atoms with van der Waals surface area (Å²) in [6, 6.07) is 0. The highest BCUT2D eigenvalue weighted by molar-refractivity contribution is 5.86. The summed E-state index contributed by atoms with van der Waals surface area (Å²) in [6.45, 7) is 7.55. The van der Waals surface area contributed by atoms with E-state index >= 15 is 0 Å². The van der Waals surface area contributed by atoms with Crippen LogP contribution in [0.25, 0.3) is 0 Å². The molecule has 5 heteroatoms. The van der Waals surface area contributed by atoms with Crippen molar-refractivity contribution in [2.24, 2.45) is 5.41 Å². The van der Waals surface area contributed by atoms with Crippen molar-refractivity contribution in [1.29, 1.82) is 0 Å². The molecule has 0 aliphatic carbocycles. The number of esters is 1. The fourth-order valence-corrected chi connectivity index (χ4v) is 1.19. The lowest BCUT2D eigenvalue weighted by atomic mass is 9.88. The predicted molar refractivity (Wildman–Crippen MR) is 63.3 cm³/mol. The van der Waals surface area contributed by atoms with Gasteiger partial charge in [0.25, 0.3) is 0 Å². The molecule has 0 fully saturated rings. The molecule has 0 bridgehead atoms. The molecule has 1 amide bonds. The predicted octanol–water partition coefficient (Wildman–Crippen LogP) is 1.43. The number of amides is 1. The zero-order valence-electron chi connectivity index (χ0n) is 10.3. The van der Waals surface area contributed by atoms with Crippen LogP contribution in [0.1, 0.15) is 26.7 Å². The van der Waals surface area contributed by atoms with Crippen molar-refractivity contribution in [2.45, 2.75) is 26.7 Å². The molecule has 5 nitrogen and oxygen atoms in total. The number of ether oxygens (including phenoxy) is 1. The van der Waals surface area contributed by atoms with E-state index in [1.54, 1.807) is 0 Å². The Morgan fingerprint density at radius 3 is 2.44 bits per heavy atom. The summed E-state index contributed by atoms with van der Waals surface area (Å²) in [7, 11) is 1.38. The van der Waals surface area contributed by atoms with Crippen LogP contribution in [-0.2, 0) is 14.3 Å². The average molecular weight is 230 g/mol. The second kappa shape index (κ2) is 7.87. The molecule has 0 saturated carbocycles. The highest BCUT2D eigenvalue weighted by Crippen LogP contribution is 2.23. The van der Waals surface area contributed by atoms with E-state index in [4.69, 9.17) is 0 Å². The molecule has 0 aromatic rings. The second-order valence-electron chi connectivity index (χ2n) is 3.97. The number of hydrogen-bond donors (Lipinski definition) is 2. The number of methoxy groups -OCH3 is 1. The normalized spacial score (nSPS) is 9.94. The molecule has 0 heterocycles. The maximum absolute atomic E-state index is 11.3. The van der Waals surface area contributed by atoms with Crippen molar-refractivity contribution in [3.63, 3.8) is 0 Å². The van der Waals surface area contributed by atoms with Crippen molar-refractivity contribution in [2.75, 3.05) is 13.7 Å². The molecule has 0 rings (SSSR count). The van der Waals surface area contributed by atoms with Crippen LogP contribution in [0.15, 0.2) is 12.7 Å². The molecule has 0 aromatic heterocycles. The van der Waals surface area contributed by atoms with Crippen molar-refractivity contribution < 1.29 is 14.3 Å². The lowest BCUT2D eigenvalue weighted by Crippen LogP contribution is -2.28. The third-order valence-electron chi connectivity index (χ3n) is 2.20. The third-order valence-corrected chi connectivity index (χ3v) is 2.20. The Hall–Kier alpha value is -1.36. The van der Waals surface area contributed by atoms with Crippen LogP contribution in [0.4, 0.5) is 0 Å². The van der Waals surface area contributed by atoms with Gasteiger partial charge in [-0.3, -0.25) is 9.59 Å². The topological polar surface area (TPSA) is 90.4 Å². The van der Waals surface area contributed by atoms with Gasteiger partial charge >= 0.3 is 5.97 Å². The third kappa shape index (κ3) is 6.19. The minimum absolute atomic E-state index is 0. The standard InChI is InChI=1S/C11H19NO3.H3N/c1-5-9(13)12-8-6-7-11(2,3)10(14)15-4;/h5H,1,6-8H2,2-4H3,(H,12,13);1H3. The molecular weight excluding hydrogens is 208 g/mol. The lowest BCUT2D eigenvalue weighted by molar-refractivity contribution is -0.151. The van der Waals surface area contributed by atoms with Gasteiger partial charge in [-0.15, -0.1) is 0 Å². The highest BCUT2D eigenvalue weighted by atomic mass is 16.5. The molecule has 0 saturated heterocycles. The molecule has 0 aliphatic rings. The van der Waals surface area contributed by atoms with Gasteiger partial charge in [0, 0.05) is 6.54 Å². The van der Waals surface area contributed by atoms with Gasteiger partial charge in [-0.05, 0) is 32.8 Å². The number of carbonyl (C=O) groups is 2. The Kier molecular flexibility index (Phi) is 8.39. The van der Waals surface area contributed by atoms with Crippen LogP contribution in [0.2, 0.25) is 0 Å². The SMILES string of the molecule is C=CC(=O)NCCCC(C)(C)C(=O)OC.N. The Bertz CT molecular complexity index is 250. The molecule has 0 unspecified atom stereocenters. The molecule has 0 aromatic carbocycles. The van der Waals surface area contributed by atoms with E-state index in [-0.39, 0.29) is 18.0 Å². The number of nitrogens with one attached hydrogen (secondary N) is 1. The van der Waals surface area contributed by atoms with Crippen molar-refractivity contribution in [1.82, 2.24) is 11.5 Å². The molecule has 0 atom stereocenters. The number of rotatable bonds is 6. The van der Waals surface area contributed by atoms with Crippen molar-refractivity contribution >= 4 is 11.9 Å². The van der Waals surface area contributed by atoms with E-state index < -0.39 is 5.41 Å². The quantitative estimate of drug-likeness (QED) is 0.410. The monoisotopic (exact) mass is 230 g/mol. The summed E-state index contributed by atoms with van der Waals surface area (Å²) in [5, 5.41) is 2.65. The maximum atomic E-state index is 11.3. The summed E-state index contributed by atoms with van der Waals surface area (Å²) >= 11 is 0. The Labute approximate surface area is 96.8 Å². The van der Waals surface area contributed by atoms with Crippen LogP contribution in [0.5, 0.6) is 0 Å². The molecule has 0 aliphatic heterocycles. The summed E-state index contributed by atoms with van der Waals surface area (Å²) in [5.41, 5.74) is -0.492. The van der Waals surface area contributed by atoms with Crippen molar-refractivity contribution in [3.8, 4) is 0 Å². The molecule has 0 radical (unpaired) electrons. The number of hydrogen-bond acceptors (Lipinski definition) is 4. The molecule has 94 valence electrons. The highest BCUT2D eigenvalue weighted by Gasteiger charge is 2.27. The van der Waals surface area contributed by atoms with Gasteiger partial charge in [0.2, 0.25) is 5.91 Å². The zero-order chi connectivity index (χ0) is 11.9. The summed E-state index contributed by atoms with van der Waals surface area (Å²) in [4.78, 5) is 22.1. The van der Waals surface area contributed by atoms with Gasteiger partial charge in [-0.2, -0.15) is 0 Å². The smallest absolute Gasteiger partial charge is 0.311 e. The van der Waals surface area contributed by atoms with E-state index in [2.05, 4.69) is 16.6 Å². The van der Waals surface area contributed by atoms with Crippen molar-refractivity contribution in [3.05, 3.63) is 12.7 Å². The van der Waals surface area contributed by atoms with E-state index in [0.29, 0.717) is 13.0 Å². The largest absolute Gasteiger partial charge is 0.469 e. The number of carbonyl (C=O) groups excluding carboxylic acids is 2. The Morgan fingerprint density at radius 2 is 2.00 bits per heavy atom. The lowest BCUT2D eigenvalue weighted by Gasteiger charge is -2.20. The average Bonchev–Trinajstić information content (AvgIpc) is 2.22. The molecule has 0 spiro atoms. The van der Waals surface area contributed by atoms with Crippen LogP contribution in [0.3, 0.4) is 0 Å². The van der Waals surface area contributed by atoms with Gasteiger partial charge in [0.15, 0.2) is 0 Å². The van der Waals surface area contributed by atoms with Crippen LogP contribution in [-0.4, -0.2) is 25.5 Å². The summed E-state index contributed by atoms with van der Waals surface area (Å²) in [6.07, 6.45) is 2.64. The maximum Gasteiger partial charge on any atom is 0.311 e. The van der Waals surface area contributed by atoms with Crippen LogP contribution < -0.4 is 11.5 Å². The molecule has 16 heavy (non-hydrogen) atoms. The van der Waals surface area contributed by atoms with Gasteiger partial charge in [-0.25, -0.2) is 0 Å². The fourth-order valence-electron chi connectivity index (χ4n) is 1.19. The first-order valence-corrected chi connectivity index (χ1v) is 4.92. The first-order chi connectivity index (χ1) is 6.94. The first-order valence-electron chi connectivity index (χ1n) is 4.92. The Morgan fingerprint density at radius 1 is 1.44 bits per heavy atom. The van der Waals surface area contributed by atoms with E-state index in [1.165, 1.54) is 13.2 Å². The summed E-state index contributed by atoms with van der Waals surface area (Å²) < 4.78 is 4.67. The second-order valence-corrected chi connectivity index (χ2v) is 3.97. The zero-order valence-corrected chi connectivity index (χ0v) is 10.3. The van der Waals surface area contributed by atoms with Gasteiger partial charge in [0.1, 0.15) is 0 Å². The summed E-state index contributed by atoms with van der Waals surface area (Å²) in [5.74, 6) is -0.413. The van der Waals surface area contributed by atoms with Crippen LogP contribution in [0, 0.1) is 5.41 Å². The fraction of sp³-hybridized carbons (Fsp3) is 0.636. The first kappa shape index (κ1) is 17.0. The molecular formula is C11H22N2O3. The van der Waals surface area contributed by atoms with Gasteiger partial charge in [-0.1, -0.05) is 6.58 Å². The molecule has 4 N–H and O–H groups in total. The van der Waals surface area contributed by atoms with Gasteiger partial charge in [0.05, 0.1) is 12.5 Å². The van der Waals surface area contributed by atoms with E-state index in [9.17, 15) is 9.59 Å². The minimum Gasteiger partial charge on any atom is -0.469 e. The minimum atomic E-state index is -0.492. The Balaban J connectivity index is 0.